The highest BCUT2D eigenvalue weighted by Crippen LogP contribution is 2.32. The van der Waals surface area contributed by atoms with Crippen LogP contribution < -0.4 is 19.5 Å². The molecule has 3 rings (SSSR count). The molecule has 1 amide bonds. The largest absolute Gasteiger partial charge is 0.486 e. The SMILES string of the molecule is CCSc1nnc(NC(=O)[C@H](NS(=O)(=O)c2ccc3c(c2)OCCO3)C(C)C)s1. The molecule has 12 heteroatoms. The second-order valence-corrected chi connectivity index (χ2v) is 10.6. The van der Waals surface area contributed by atoms with Crippen LogP contribution in [0.3, 0.4) is 0 Å². The minimum absolute atomic E-state index is 0.00209. The molecule has 0 saturated heterocycles. The Labute approximate surface area is 177 Å². The van der Waals surface area contributed by atoms with Gasteiger partial charge in [-0.15, -0.1) is 10.2 Å². The van der Waals surface area contributed by atoms with Crippen LogP contribution in [-0.2, 0) is 14.8 Å². The van der Waals surface area contributed by atoms with Crippen LogP contribution in [-0.4, -0.2) is 49.5 Å². The molecule has 0 saturated carbocycles. The first kappa shape index (κ1) is 21.8. The van der Waals surface area contributed by atoms with Gasteiger partial charge in [0.2, 0.25) is 21.1 Å². The van der Waals surface area contributed by atoms with E-state index >= 15 is 0 Å². The highest BCUT2D eigenvalue weighted by Gasteiger charge is 2.30. The Morgan fingerprint density at radius 3 is 2.66 bits per heavy atom. The van der Waals surface area contributed by atoms with E-state index in [1.807, 2.05) is 6.92 Å². The van der Waals surface area contributed by atoms with Gasteiger partial charge in [-0.2, -0.15) is 4.72 Å². The first-order valence-electron chi connectivity index (χ1n) is 8.99. The molecule has 158 valence electrons. The number of carbonyl (C=O) groups excluding carboxylic acids is 1. The molecule has 2 heterocycles. The van der Waals surface area contributed by atoms with Gasteiger partial charge in [-0.3, -0.25) is 10.1 Å². The summed E-state index contributed by atoms with van der Waals surface area (Å²) in [5.41, 5.74) is 0. The maximum absolute atomic E-state index is 12.9. The zero-order valence-electron chi connectivity index (χ0n) is 16.2. The van der Waals surface area contributed by atoms with Gasteiger partial charge in [-0.1, -0.05) is 43.9 Å². The normalized spacial score (nSPS) is 14.6. The molecule has 1 aliphatic heterocycles. The molecule has 1 aromatic heterocycles. The van der Waals surface area contributed by atoms with Crippen molar-refractivity contribution in [1.29, 1.82) is 0 Å². The molecular weight excluding hydrogens is 436 g/mol. The molecule has 9 nitrogen and oxygen atoms in total. The van der Waals surface area contributed by atoms with E-state index in [1.165, 1.54) is 35.2 Å². The standard InChI is InChI=1S/C17H22N4O5S3/c1-4-27-17-20-19-16(28-17)18-15(22)14(10(2)3)21-29(23,24)11-5-6-12-13(9-11)26-8-7-25-12/h5-6,9-10,14,21H,4,7-8H2,1-3H3,(H,18,19,22)/t14-/m1/s1. The number of fused-ring (bicyclic) bond motifs is 1. The van der Waals surface area contributed by atoms with E-state index in [4.69, 9.17) is 9.47 Å². The zero-order chi connectivity index (χ0) is 21.0. The van der Waals surface area contributed by atoms with Crippen LogP contribution in [0.5, 0.6) is 11.5 Å². The van der Waals surface area contributed by atoms with Gasteiger partial charge in [0.05, 0.1) is 4.90 Å². The Morgan fingerprint density at radius 1 is 1.24 bits per heavy atom. The van der Waals surface area contributed by atoms with Crippen LogP contribution in [0.25, 0.3) is 0 Å². The summed E-state index contributed by atoms with van der Waals surface area (Å²) >= 11 is 2.76. The Morgan fingerprint density at radius 2 is 1.97 bits per heavy atom. The molecule has 0 unspecified atom stereocenters. The van der Waals surface area contributed by atoms with Crippen molar-refractivity contribution in [2.45, 2.75) is 36.0 Å². The monoisotopic (exact) mass is 458 g/mol. The second kappa shape index (κ2) is 9.28. The molecule has 0 fully saturated rings. The van der Waals surface area contributed by atoms with Crippen molar-refractivity contribution >= 4 is 44.2 Å². The Hall–Kier alpha value is -1.89. The number of ether oxygens (including phenoxy) is 2. The van der Waals surface area contributed by atoms with E-state index < -0.39 is 22.0 Å². The van der Waals surface area contributed by atoms with Crippen LogP contribution in [0.1, 0.15) is 20.8 Å². The Kier molecular flexibility index (Phi) is 6.98. The van der Waals surface area contributed by atoms with E-state index in [1.54, 1.807) is 19.9 Å². The summed E-state index contributed by atoms with van der Waals surface area (Å²) in [7, 11) is -3.96. The van der Waals surface area contributed by atoms with Crippen LogP contribution >= 0.6 is 23.1 Å². The first-order valence-corrected chi connectivity index (χ1v) is 12.3. The molecule has 0 aliphatic carbocycles. The third kappa shape index (κ3) is 5.38. The number of carbonyl (C=O) groups is 1. The molecule has 0 radical (unpaired) electrons. The van der Waals surface area contributed by atoms with Gasteiger partial charge in [0, 0.05) is 6.07 Å². The first-order chi connectivity index (χ1) is 13.8. The number of nitrogens with zero attached hydrogens (tertiary/aromatic N) is 2. The number of amides is 1. The van der Waals surface area contributed by atoms with Crippen molar-refractivity contribution in [2.24, 2.45) is 5.92 Å². The number of thioether (sulfide) groups is 1. The minimum Gasteiger partial charge on any atom is -0.486 e. The number of aromatic nitrogens is 2. The fourth-order valence-corrected chi connectivity index (χ4v) is 5.55. The lowest BCUT2D eigenvalue weighted by Gasteiger charge is -2.22. The smallest absolute Gasteiger partial charge is 0.244 e. The number of hydrogen-bond donors (Lipinski definition) is 2. The molecule has 1 atom stereocenters. The Bertz CT molecular complexity index is 977. The summed E-state index contributed by atoms with van der Waals surface area (Å²) < 4.78 is 39.8. The molecule has 1 aromatic carbocycles. The molecule has 0 bridgehead atoms. The Balaban J connectivity index is 1.75. The molecular formula is C17H22N4O5S3. The zero-order valence-corrected chi connectivity index (χ0v) is 18.6. The maximum atomic E-state index is 12.9. The highest BCUT2D eigenvalue weighted by molar-refractivity contribution is 8.01. The third-order valence-corrected chi connectivity index (χ3v) is 7.25. The van der Waals surface area contributed by atoms with E-state index in [0.717, 1.165) is 10.1 Å². The van der Waals surface area contributed by atoms with Gasteiger partial charge in [0.25, 0.3) is 0 Å². The van der Waals surface area contributed by atoms with Crippen LogP contribution in [0.15, 0.2) is 27.4 Å². The predicted octanol–water partition coefficient (Wildman–Crippen LogP) is 2.36. The number of benzene rings is 1. The van der Waals surface area contributed by atoms with Crippen molar-refractivity contribution in [1.82, 2.24) is 14.9 Å². The van der Waals surface area contributed by atoms with Gasteiger partial charge >= 0.3 is 0 Å². The lowest BCUT2D eigenvalue weighted by atomic mass is 10.1. The lowest BCUT2D eigenvalue weighted by Crippen LogP contribution is -2.47. The van der Waals surface area contributed by atoms with Gasteiger partial charge in [0.1, 0.15) is 19.3 Å². The summed E-state index contributed by atoms with van der Waals surface area (Å²) in [5, 5.41) is 10.9. The molecule has 29 heavy (non-hydrogen) atoms. The van der Waals surface area contributed by atoms with E-state index in [2.05, 4.69) is 20.2 Å². The number of anilines is 1. The van der Waals surface area contributed by atoms with Crippen molar-refractivity contribution < 1.29 is 22.7 Å². The summed E-state index contributed by atoms with van der Waals surface area (Å²) in [5.74, 6) is 0.904. The summed E-state index contributed by atoms with van der Waals surface area (Å²) in [6, 6.07) is 3.37. The van der Waals surface area contributed by atoms with Gasteiger partial charge in [-0.25, -0.2) is 8.42 Å². The van der Waals surface area contributed by atoms with Crippen LogP contribution in [0.4, 0.5) is 5.13 Å². The summed E-state index contributed by atoms with van der Waals surface area (Å²) in [4.78, 5) is 12.7. The quantitative estimate of drug-likeness (QED) is 0.457. The van der Waals surface area contributed by atoms with Crippen molar-refractivity contribution in [3.05, 3.63) is 18.2 Å². The van der Waals surface area contributed by atoms with Gasteiger partial charge in [-0.05, 0) is 23.8 Å². The van der Waals surface area contributed by atoms with Crippen LogP contribution in [0, 0.1) is 5.92 Å². The molecule has 1 aliphatic rings. The summed E-state index contributed by atoms with van der Waals surface area (Å²) in [6.07, 6.45) is 0. The number of hydrogen-bond acceptors (Lipinski definition) is 9. The predicted molar refractivity (Wildman–Crippen MR) is 111 cm³/mol. The highest BCUT2D eigenvalue weighted by atomic mass is 32.2. The van der Waals surface area contributed by atoms with Crippen LogP contribution in [0.2, 0.25) is 0 Å². The lowest BCUT2D eigenvalue weighted by molar-refractivity contribution is -0.118. The molecule has 2 aromatic rings. The van der Waals surface area contributed by atoms with Crippen molar-refractivity contribution in [3.63, 3.8) is 0 Å². The van der Waals surface area contributed by atoms with Gasteiger partial charge in [0.15, 0.2) is 15.8 Å². The average molecular weight is 459 g/mol. The van der Waals surface area contributed by atoms with Gasteiger partial charge < -0.3 is 9.47 Å². The summed E-state index contributed by atoms with van der Waals surface area (Å²) in [6.45, 7) is 6.27. The fourth-order valence-electron chi connectivity index (χ4n) is 2.54. The van der Waals surface area contributed by atoms with Crippen molar-refractivity contribution in [2.75, 3.05) is 24.3 Å². The van der Waals surface area contributed by atoms with E-state index in [9.17, 15) is 13.2 Å². The minimum atomic E-state index is -3.96. The molecule has 2 N–H and O–H groups in total. The molecule has 0 spiro atoms. The second-order valence-electron chi connectivity index (χ2n) is 6.44. The fraction of sp³-hybridized carbons (Fsp3) is 0.471. The third-order valence-electron chi connectivity index (χ3n) is 3.96. The van der Waals surface area contributed by atoms with E-state index in [0.29, 0.717) is 29.8 Å². The van der Waals surface area contributed by atoms with E-state index in [-0.39, 0.29) is 10.8 Å². The number of sulfonamides is 1. The average Bonchev–Trinajstić information content (AvgIpc) is 3.12. The number of rotatable bonds is 8. The number of nitrogens with one attached hydrogen (secondary N) is 2. The maximum Gasteiger partial charge on any atom is 0.244 e. The topological polar surface area (TPSA) is 120 Å². The van der Waals surface area contributed by atoms with Crippen molar-refractivity contribution in [3.8, 4) is 11.5 Å².